The van der Waals surface area contributed by atoms with E-state index < -0.39 is 0 Å². The SMILES string of the molecule is Cc1ccc(C(=O)NCC(C)C#N)cc1C. The van der Waals surface area contributed by atoms with Crippen molar-refractivity contribution in [3.63, 3.8) is 0 Å². The van der Waals surface area contributed by atoms with Gasteiger partial charge in [0.2, 0.25) is 0 Å². The fraction of sp³-hybridized carbons (Fsp3) is 0.385. The molecule has 84 valence electrons. The Bertz CT molecular complexity index is 432. The molecule has 1 aromatic carbocycles. The topological polar surface area (TPSA) is 52.9 Å². The van der Waals surface area contributed by atoms with E-state index >= 15 is 0 Å². The molecule has 0 aliphatic carbocycles. The Hall–Kier alpha value is -1.82. The molecule has 1 N–H and O–H groups in total. The molecule has 0 saturated heterocycles. The first-order chi connectivity index (χ1) is 7.54. The number of rotatable bonds is 3. The van der Waals surface area contributed by atoms with E-state index in [2.05, 4.69) is 11.4 Å². The van der Waals surface area contributed by atoms with Crippen LogP contribution in [0.1, 0.15) is 28.4 Å². The summed E-state index contributed by atoms with van der Waals surface area (Å²) in [6.45, 7) is 6.15. The minimum absolute atomic E-state index is 0.120. The molecule has 1 rings (SSSR count). The monoisotopic (exact) mass is 216 g/mol. The van der Waals surface area contributed by atoms with Crippen molar-refractivity contribution in [1.82, 2.24) is 5.32 Å². The average Bonchev–Trinajstić information content (AvgIpc) is 2.29. The van der Waals surface area contributed by atoms with Crippen LogP contribution in [0, 0.1) is 31.1 Å². The minimum Gasteiger partial charge on any atom is -0.351 e. The van der Waals surface area contributed by atoms with Crippen molar-refractivity contribution in [2.24, 2.45) is 5.92 Å². The number of hydrogen-bond donors (Lipinski definition) is 1. The number of amides is 1. The zero-order valence-electron chi connectivity index (χ0n) is 9.87. The van der Waals surface area contributed by atoms with Crippen molar-refractivity contribution in [3.05, 3.63) is 34.9 Å². The zero-order chi connectivity index (χ0) is 12.1. The lowest BCUT2D eigenvalue weighted by Gasteiger charge is -2.07. The Labute approximate surface area is 96.1 Å². The first kappa shape index (κ1) is 12.3. The van der Waals surface area contributed by atoms with E-state index in [1.807, 2.05) is 26.0 Å². The maximum Gasteiger partial charge on any atom is 0.251 e. The van der Waals surface area contributed by atoms with Crippen molar-refractivity contribution < 1.29 is 4.79 Å². The number of nitriles is 1. The number of aryl methyl sites for hydroxylation is 2. The normalized spacial score (nSPS) is 11.6. The molecular weight excluding hydrogens is 200 g/mol. The third kappa shape index (κ3) is 3.09. The molecule has 3 heteroatoms. The summed E-state index contributed by atoms with van der Waals surface area (Å²) in [4.78, 5) is 11.7. The summed E-state index contributed by atoms with van der Waals surface area (Å²) >= 11 is 0. The highest BCUT2D eigenvalue weighted by Crippen LogP contribution is 2.09. The van der Waals surface area contributed by atoms with Gasteiger partial charge in [0.15, 0.2) is 0 Å². The number of nitrogens with one attached hydrogen (secondary N) is 1. The van der Waals surface area contributed by atoms with Crippen LogP contribution in [0.25, 0.3) is 0 Å². The van der Waals surface area contributed by atoms with Gasteiger partial charge in [0.05, 0.1) is 12.0 Å². The Morgan fingerprint density at radius 1 is 1.44 bits per heavy atom. The number of carbonyl (C=O) groups excluding carboxylic acids is 1. The Morgan fingerprint density at radius 2 is 2.12 bits per heavy atom. The van der Waals surface area contributed by atoms with E-state index in [-0.39, 0.29) is 11.8 Å². The maximum absolute atomic E-state index is 11.7. The smallest absolute Gasteiger partial charge is 0.251 e. The zero-order valence-corrected chi connectivity index (χ0v) is 9.87. The van der Waals surface area contributed by atoms with Gasteiger partial charge in [0.1, 0.15) is 0 Å². The highest BCUT2D eigenvalue weighted by atomic mass is 16.1. The van der Waals surface area contributed by atoms with Crippen LogP contribution in [0.5, 0.6) is 0 Å². The number of nitrogens with zero attached hydrogens (tertiary/aromatic N) is 1. The second-order valence-electron chi connectivity index (χ2n) is 4.04. The molecule has 0 saturated carbocycles. The summed E-state index contributed by atoms with van der Waals surface area (Å²) < 4.78 is 0. The highest BCUT2D eigenvalue weighted by molar-refractivity contribution is 5.94. The largest absolute Gasteiger partial charge is 0.351 e. The van der Waals surface area contributed by atoms with Crippen LogP contribution in [0.15, 0.2) is 18.2 Å². The summed E-state index contributed by atoms with van der Waals surface area (Å²) in [7, 11) is 0. The van der Waals surface area contributed by atoms with Crippen LogP contribution >= 0.6 is 0 Å². The summed E-state index contributed by atoms with van der Waals surface area (Å²) in [6, 6.07) is 7.67. The molecule has 0 radical (unpaired) electrons. The second kappa shape index (κ2) is 5.32. The van der Waals surface area contributed by atoms with Gasteiger partial charge < -0.3 is 5.32 Å². The van der Waals surface area contributed by atoms with Crippen molar-refractivity contribution in [2.75, 3.05) is 6.54 Å². The lowest BCUT2D eigenvalue weighted by molar-refractivity contribution is 0.0950. The van der Waals surface area contributed by atoms with Crippen molar-refractivity contribution in [2.45, 2.75) is 20.8 Å². The first-order valence-electron chi connectivity index (χ1n) is 5.29. The fourth-order valence-corrected chi connectivity index (χ4v) is 1.28. The van der Waals surface area contributed by atoms with Gasteiger partial charge in [-0.05, 0) is 44.0 Å². The molecule has 1 amide bonds. The quantitative estimate of drug-likeness (QED) is 0.842. The third-order valence-corrected chi connectivity index (χ3v) is 2.56. The maximum atomic E-state index is 11.7. The molecule has 0 heterocycles. The van der Waals surface area contributed by atoms with E-state index in [9.17, 15) is 4.79 Å². The van der Waals surface area contributed by atoms with E-state index in [1.165, 1.54) is 5.56 Å². The molecule has 1 aromatic rings. The molecule has 0 aromatic heterocycles. The standard InChI is InChI=1S/C13H16N2O/c1-9(7-14)8-15-13(16)12-5-4-10(2)11(3)6-12/h4-6,9H,8H2,1-3H3,(H,15,16). The lowest BCUT2D eigenvalue weighted by atomic mass is 10.1. The summed E-state index contributed by atoms with van der Waals surface area (Å²) in [6.07, 6.45) is 0. The van der Waals surface area contributed by atoms with Crippen molar-refractivity contribution in [1.29, 1.82) is 5.26 Å². The van der Waals surface area contributed by atoms with E-state index in [1.54, 1.807) is 13.0 Å². The predicted octanol–water partition coefficient (Wildman–Crippen LogP) is 2.19. The molecule has 0 aliphatic heterocycles. The summed E-state index contributed by atoms with van der Waals surface area (Å²) in [5, 5.41) is 11.3. The van der Waals surface area contributed by atoms with Gasteiger partial charge in [-0.25, -0.2) is 0 Å². The third-order valence-electron chi connectivity index (χ3n) is 2.56. The molecule has 0 aliphatic rings. The molecule has 0 bridgehead atoms. The van der Waals surface area contributed by atoms with Crippen LogP contribution in [-0.4, -0.2) is 12.5 Å². The van der Waals surface area contributed by atoms with E-state index in [4.69, 9.17) is 5.26 Å². The van der Waals surface area contributed by atoms with Gasteiger partial charge in [-0.15, -0.1) is 0 Å². The molecule has 0 fully saturated rings. The molecular formula is C13H16N2O. The predicted molar refractivity (Wildman–Crippen MR) is 63.0 cm³/mol. The minimum atomic E-state index is -0.157. The average molecular weight is 216 g/mol. The van der Waals surface area contributed by atoms with Crippen LogP contribution in [-0.2, 0) is 0 Å². The molecule has 3 nitrogen and oxygen atoms in total. The summed E-state index contributed by atoms with van der Waals surface area (Å²) in [5.41, 5.74) is 2.91. The Morgan fingerprint density at radius 3 is 2.69 bits per heavy atom. The van der Waals surface area contributed by atoms with Gasteiger partial charge in [-0.3, -0.25) is 4.79 Å². The fourth-order valence-electron chi connectivity index (χ4n) is 1.28. The van der Waals surface area contributed by atoms with Crippen LogP contribution < -0.4 is 5.32 Å². The van der Waals surface area contributed by atoms with E-state index in [0.717, 1.165) is 5.56 Å². The van der Waals surface area contributed by atoms with Gasteiger partial charge >= 0.3 is 0 Å². The van der Waals surface area contributed by atoms with Crippen LogP contribution in [0.2, 0.25) is 0 Å². The first-order valence-corrected chi connectivity index (χ1v) is 5.29. The van der Waals surface area contributed by atoms with E-state index in [0.29, 0.717) is 12.1 Å². The number of carbonyl (C=O) groups is 1. The van der Waals surface area contributed by atoms with Gasteiger partial charge in [-0.1, -0.05) is 6.07 Å². The molecule has 1 atom stereocenters. The number of hydrogen-bond acceptors (Lipinski definition) is 2. The van der Waals surface area contributed by atoms with Crippen molar-refractivity contribution >= 4 is 5.91 Å². The van der Waals surface area contributed by atoms with Crippen molar-refractivity contribution in [3.8, 4) is 6.07 Å². The molecule has 1 unspecified atom stereocenters. The highest BCUT2D eigenvalue weighted by Gasteiger charge is 2.07. The molecule has 0 spiro atoms. The lowest BCUT2D eigenvalue weighted by Crippen LogP contribution is -2.27. The second-order valence-corrected chi connectivity index (χ2v) is 4.04. The van der Waals surface area contributed by atoms with Crippen LogP contribution in [0.3, 0.4) is 0 Å². The molecule has 16 heavy (non-hydrogen) atoms. The van der Waals surface area contributed by atoms with Crippen LogP contribution in [0.4, 0.5) is 0 Å². The van der Waals surface area contributed by atoms with Gasteiger partial charge in [-0.2, -0.15) is 5.26 Å². The Balaban J connectivity index is 2.67. The summed E-state index contributed by atoms with van der Waals surface area (Å²) in [5.74, 6) is -0.277. The van der Waals surface area contributed by atoms with Gasteiger partial charge in [0, 0.05) is 12.1 Å². The van der Waals surface area contributed by atoms with Gasteiger partial charge in [0.25, 0.3) is 5.91 Å². The Kier molecular flexibility index (Phi) is 4.07. The number of benzene rings is 1.